The molecule has 3 aromatic rings. The van der Waals surface area contributed by atoms with Crippen LogP contribution in [0.15, 0.2) is 72.8 Å². The molecule has 0 saturated heterocycles. The van der Waals surface area contributed by atoms with Gasteiger partial charge in [-0.1, -0.05) is 51.1 Å². The van der Waals surface area contributed by atoms with Gasteiger partial charge in [-0.3, -0.25) is 0 Å². The van der Waals surface area contributed by atoms with Gasteiger partial charge in [-0.15, -0.1) is 0 Å². The summed E-state index contributed by atoms with van der Waals surface area (Å²) in [7, 11) is 0. The first-order valence-corrected chi connectivity index (χ1v) is 10.1. The second kappa shape index (κ2) is 9.49. The zero-order valence-electron chi connectivity index (χ0n) is 18.0. The maximum Gasteiger partial charge on any atom is 0.343 e. The minimum absolute atomic E-state index is 0.0509. The molecule has 4 nitrogen and oxygen atoms in total. The van der Waals surface area contributed by atoms with E-state index in [1.165, 1.54) is 5.56 Å². The average Bonchev–Trinajstić information content (AvgIpc) is 2.73. The summed E-state index contributed by atoms with van der Waals surface area (Å²) in [6.45, 7) is 9.28. The second-order valence-electron chi connectivity index (χ2n) is 8.15. The van der Waals surface area contributed by atoms with Gasteiger partial charge in [-0.25, -0.2) is 4.79 Å². The molecular formula is C26H28O4. The number of ether oxygens (including phenoxy) is 3. The highest BCUT2D eigenvalue weighted by molar-refractivity contribution is 5.91. The predicted octanol–water partition coefficient (Wildman–Crippen LogP) is 5.97. The molecule has 0 aliphatic rings. The van der Waals surface area contributed by atoms with Gasteiger partial charge in [0.05, 0.1) is 5.56 Å². The largest absolute Gasteiger partial charge is 0.490 e. The Hall–Kier alpha value is -3.27. The minimum atomic E-state index is -0.388. The number of esters is 1. The van der Waals surface area contributed by atoms with Crippen LogP contribution in [0.25, 0.3) is 0 Å². The third-order valence-corrected chi connectivity index (χ3v) is 4.70. The van der Waals surface area contributed by atoms with Gasteiger partial charge in [0.1, 0.15) is 30.5 Å². The van der Waals surface area contributed by atoms with Crippen molar-refractivity contribution in [1.82, 2.24) is 0 Å². The molecule has 0 amide bonds. The Kier molecular flexibility index (Phi) is 6.78. The van der Waals surface area contributed by atoms with Crippen LogP contribution in [0.2, 0.25) is 0 Å². The highest BCUT2D eigenvalue weighted by atomic mass is 16.5. The summed E-state index contributed by atoms with van der Waals surface area (Å²) in [5, 5.41) is 0. The van der Waals surface area contributed by atoms with E-state index in [0.717, 1.165) is 11.3 Å². The van der Waals surface area contributed by atoms with Crippen LogP contribution in [0.3, 0.4) is 0 Å². The lowest BCUT2D eigenvalue weighted by atomic mass is 9.86. The van der Waals surface area contributed by atoms with Crippen LogP contribution in [0.4, 0.5) is 0 Å². The molecule has 3 rings (SSSR count). The van der Waals surface area contributed by atoms with Crippen molar-refractivity contribution in [2.75, 3.05) is 13.2 Å². The molecule has 0 heterocycles. The smallest absolute Gasteiger partial charge is 0.343 e. The van der Waals surface area contributed by atoms with Gasteiger partial charge >= 0.3 is 5.97 Å². The summed E-state index contributed by atoms with van der Waals surface area (Å²) in [5.41, 5.74) is 2.67. The molecule has 0 bridgehead atoms. The van der Waals surface area contributed by atoms with Gasteiger partial charge in [0.25, 0.3) is 0 Å². The van der Waals surface area contributed by atoms with Gasteiger partial charge < -0.3 is 14.2 Å². The molecule has 30 heavy (non-hydrogen) atoms. The summed E-state index contributed by atoms with van der Waals surface area (Å²) >= 11 is 0. The maximum atomic E-state index is 12.5. The summed E-state index contributed by atoms with van der Waals surface area (Å²) in [6.07, 6.45) is 0. The highest BCUT2D eigenvalue weighted by Gasteiger charge is 2.16. The van der Waals surface area contributed by atoms with Gasteiger partial charge in [0.2, 0.25) is 0 Å². The number of para-hydroxylation sites is 1. The lowest BCUT2D eigenvalue weighted by molar-refractivity contribution is 0.0733. The molecule has 0 unspecified atom stereocenters. The predicted molar refractivity (Wildman–Crippen MR) is 119 cm³/mol. The van der Waals surface area contributed by atoms with E-state index in [4.69, 9.17) is 14.2 Å². The minimum Gasteiger partial charge on any atom is -0.490 e. The van der Waals surface area contributed by atoms with E-state index < -0.39 is 0 Å². The van der Waals surface area contributed by atoms with E-state index in [9.17, 15) is 4.79 Å². The number of aryl methyl sites for hydroxylation is 1. The zero-order chi connectivity index (χ0) is 21.6. The average molecular weight is 405 g/mol. The van der Waals surface area contributed by atoms with Crippen molar-refractivity contribution >= 4 is 5.97 Å². The molecule has 0 fully saturated rings. The summed E-state index contributed by atoms with van der Waals surface area (Å²) < 4.78 is 16.9. The molecule has 0 saturated carbocycles. The van der Waals surface area contributed by atoms with E-state index in [1.54, 1.807) is 24.3 Å². The Morgan fingerprint density at radius 2 is 1.40 bits per heavy atom. The maximum absolute atomic E-state index is 12.5. The second-order valence-corrected chi connectivity index (χ2v) is 8.15. The molecule has 0 spiro atoms. The van der Waals surface area contributed by atoms with Gasteiger partial charge in [-0.2, -0.15) is 0 Å². The lowest BCUT2D eigenvalue weighted by Gasteiger charge is -2.20. The van der Waals surface area contributed by atoms with Crippen LogP contribution >= 0.6 is 0 Å². The van der Waals surface area contributed by atoms with Crippen molar-refractivity contribution in [2.24, 2.45) is 0 Å². The fraction of sp³-hybridized carbons (Fsp3) is 0.269. The Labute approximate surface area is 178 Å². The molecule has 0 radical (unpaired) electrons. The first kappa shape index (κ1) is 21.4. The van der Waals surface area contributed by atoms with E-state index >= 15 is 0 Å². The van der Waals surface area contributed by atoms with Crippen molar-refractivity contribution in [3.8, 4) is 17.2 Å². The molecule has 0 atom stereocenters. The van der Waals surface area contributed by atoms with E-state index in [1.807, 2.05) is 49.4 Å². The number of hydrogen-bond donors (Lipinski definition) is 0. The number of benzene rings is 3. The summed E-state index contributed by atoms with van der Waals surface area (Å²) in [6, 6.07) is 22.4. The van der Waals surface area contributed by atoms with Crippen LogP contribution < -0.4 is 14.2 Å². The van der Waals surface area contributed by atoms with Crippen molar-refractivity contribution in [2.45, 2.75) is 33.1 Å². The SMILES string of the molecule is Cc1cc(C(C)(C)C)ccc1OC(=O)c1ccc(OCCOc2ccccc2)cc1. The molecule has 0 aromatic heterocycles. The summed E-state index contributed by atoms with van der Waals surface area (Å²) in [5.74, 6) is 1.67. The van der Waals surface area contributed by atoms with E-state index in [2.05, 4.69) is 26.8 Å². The van der Waals surface area contributed by atoms with E-state index in [0.29, 0.717) is 30.3 Å². The van der Waals surface area contributed by atoms with Crippen LogP contribution in [-0.4, -0.2) is 19.2 Å². The number of rotatable bonds is 7. The Morgan fingerprint density at radius 1 is 0.800 bits per heavy atom. The fourth-order valence-electron chi connectivity index (χ4n) is 2.91. The zero-order valence-corrected chi connectivity index (χ0v) is 18.0. The molecule has 0 N–H and O–H groups in total. The van der Waals surface area contributed by atoms with Crippen LogP contribution in [-0.2, 0) is 5.41 Å². The Balaban J connectivity index is 1.52. The molecule has 0 aliphatic heterocycles. The molecule has 156 valence electrons. The van der Waals surface area contributed by atoms with Gasteiger partial charge in [0.15, 0.2) is 0 Å². The number of carbonyl (C=O) groups excluding carboxylic acids is 1. The molecule has 4 heteroatoms. The molecule has 0 aliphatic carbocycles. The van der Waals surface area contributed by atoms with Crippen molar-refractivity contribution in [3.63, 3.8) is 0 Å². The van der Waals surface area contributed by atoms with E-state index in [-0.39, 0.29) is 11.4 Å². The third-order valence-electron chi connectivity index (χ3n) is 4.70. The topological polar surface area (TPSA) is 44.8 Å². The Bertz CT molecular complexity index is 970. The first-order valence-electron chi connectivity index (χ1n) is 10.1. The number of hydrogen-bond acceptors (Lipinski definition) is 4. The van der Waals surface area contributed by atoms with Crippen molar-refractivity contribution < 1.29 is 19.0 Å². The van der Waals surface area contributed by atoms with Crippen LogP contribution in [0.5, 0.6) is 17.2 Å². The highest BCUT2D eigenvalue weighted by Crippen LogP contribution is 2.28. The third kappa shape index (κ3) is 5.86. The summed E-state index contributed by atoms with van der Waals surface area (Å²) in [4.78, 5) is 12.5. The number of carbonyl (C=O) groups is 1. The quantitative estimate of drug-likeness (QED) is 0.276. The fourth-order valence-corrected chi connectivity index (χ4v) is 2.91. The standard InChI is InChI=1S/C26H28O4/c1-19-18-21(26(2,3)4)12-15-24(19)30-25(27)20-10-13-23(14-11-20)29-17-16-28-22-8-6-5-7-9-22/h5-15,18H,16-17H2,1-4H3. The lowest BCUT2D eigenvalue weighted by Crippen LogP contribution is -2.13. The van der Waals surface area contributed by atoms with Crippen molar-refractivity contribution in [1.29, 1.82) is 0 Å². The first-order chi connectivity index (χ1) is 14.3. The molecule has 3 aromatic carbocycles. The van der Waals surface area contributed by atoms with Crippen LogP contribution in [0, 0.1) is 6.92 Å². The molecular weight excluding hydrogens is 376 g/mol. The normalized spacial score (nSPS) is 11.1. The van der Waals surface area contributed by atoms with Gasteiger partial charge in [-0.05, 0) is 65.9 Å². The Morgan fingerprint density at radius 3 is 1.97 bits per heavy atom. The van der Waals surface area contributed by atoms with Crippen LogP contribution in [0.1, 0.15) is 42.3 Å². The monoisotopic (exact) mass is 404 g/mol. The van der Waals surface area contributed by atoms with Gasteiger partial charge in [0, 0.05) is 0 Å². The van der Waals surface area contributed by atoms with Crippen molar-refractivity contribution in [3.05, 3.63) is 89.5 Å².